The van der Waals surface area contributed by atoms with Crippen molar-refractivity contribution in [3.05, 3.63) is 59.7 Å². The lowest BCUT2D eigenvalue weighted by Gasteiger charge is -2.35. The number of carbonyl (C=O) groups is 2. The Labute approximate surface area is 172 Å². The number of rotatable bonds is 6. The standard InChI is InChI=1S/C24H29NO4/c1-23(2,3)15-24(4,13-21(26)27)25-22(28)29-14-20-18-11-7-5-9-16(18)17-10-6-8-12-19(17)20/h5-12,20H,13-15H2,1-4H3,(H,25,28)(H,26,27). The average molecular weight is 395 g/mol. The molecule has 0 saturated carbocycles. The summed E-state index contributed by atoms with van der Waals surface area (Å²) in [6.45, 7) is 8.03. The molecule has 3 rings (SSSR count). The van der Waals surface area contributed by atoms with Crippen molar-refractivity contribution in [2.24, 2.45) is 5.41 Å². The Bertz CT molecular complexity index is 870. The van der Waals surface area contributed by atoms with E-state index in [4.69, 9.17) is 4.74 Å². The molecule has 29 heavy (non-hydrogen) atoms. The summed E-state index contributed by atoms with van der Waals surface area (Å²) in [7, 11) is 0. The van der Waals surface area contributed by atoms with Gasteiger partial charge >= 0.3 is 12.1 Å². The topological polar surface area (TPSA) is 75.6 Å². The molecule has 5 heteroatoms. The first-order valence-electron chi connectivity index (χ1n) is 9.93. The van der Waals surface area contributed by atoms with Crippen molar-refractivity contribution in [1.82, 2.24) is 5.32 Å². The molecule has 0 aliphatic heterocycles. The molecule has 1 unspecified atom stereocenters. The van der Waals surface area contributed by atoms with E-state index in [2.05, 4.69) is 29.6 Å². The number of alkyl carbamates (subject to hydrolysis) is 1. The summed E-state index contributed by atoms with van der Waals surface area (Å²) >= 11 is 0. The van der Waals surface area contributed by atoms with Gasteiger partial charge in [0.05, 0.1) is 12.0 Å². The molecule has 0 aromatic heterocycles. The Hall–Kier alpha value is -2.82. The average Bonchev–Trinajstić information content (AvgIpc) is 2.91. The quantitative estimate of drug-likeness (QED) is 0.705. The Morgan fingerprint density at radius 3 is 1.97 bits per heavy atom. The molecule has 0 saturated heterocycles. The van der Waals surface area contributed by atoms with Crippen molar-refractivity contribution < 1.29 is 19.4 Å². The lowest BCUT2D eigenvalue weighted by molar-refractivity contribution is -0.138. The van der Waals surface area contributed by atoms with Crippen LogP contribution in [0.5, 0.6) is 0 Å². The Morgan fingerprint density at radius 2 is 1.48 bits per heavy atom. The fourth-order valence-corrected chi connectivity index (χ4v) is 4.54. The summed E-state index contributed by atoms with van der Waals surface area (Å²) in [6.07, 6.45) is -0.217. The van der Waals surface area contributed by atoms with Crippen molar-refractivity contribution in [3.63, 3.8) is 0 Å². The molecule has 0 heterocycles. The van der Waals surface area contributed by atoms with Crippen molar-refractivity contribution in [2.45, 2.75) is 52.0 Å². The number of amides is 1. The van der Waals surface area contributed by atoms with Gasteiger partial charge in [0.1, 0.15) is 6.61 Å². The summed E-state index contributed by atoms with van der Waals surface area (Å²) in [5.74, 6) is -0.975. The number of carboxylic acid groups (broad SMARTS) is 1. The van der Waals surface area contributed by atoms with Gasteiger partial charge in [-0.25, -0.2) is 4.79 Å². The van der Waals surface area contributed by atoms with Crippen LogP contribution in [0.3, 0.4) is 0 Å². The fourth-order valence-electron chi connectivity index (χ4n) is 4.54. The van der Waals surface area contributed by atoms with Gasteiger partial charge in [0.2, 0.25) is 0 Å². The highest BCUT2D eigenvalue weighted by Gasteiger charge is 2.35. The molecule has 2 aromatic rings. The van der Waals surface area contributed by atoms with Crippen LogP contribution in [-0.2, 0) is 9.53 Å². The first-order chi connectivity index (χ1) is 13.6. The number of nitrogens with one attached hydrogen (secondary N) is 1. The van der Waals surface area contributed by atoms with Gasteiger partial charge in [-0.15, -0.1) is 0 Å². The SMILES string of the molecule is CC(C)(C)CC(C)(CC(=O)O)NC(=O)OCC1c2ccccc2-c2ccccc21. The smallest absolute Gasteiger partial charge is 0.407 e. The lowest BCUT2D eigenvalue weighted by Crippen LogP contribution is -2.50. The highest BCUT2D eigenvalue weighted by atomic mass is 16.5. The maximum atomic E-state index is 12.6. The van der Waals surface area contributed by atoms with E-state index in [0.29, 0.717) is 6.42 Å². The number of hydrogen-bond acceptors (Lipinski definition) is 3. The molecule has 1 amide bonds. The van der Waals surface area contributed by atoms with E-state index in [-0.39, 0.29) is 24.4 Å². The van der Waals surface area contributed by atoms with Crippen molar-refractivity contribution in [3.8, 4) is 11.1 Å². The van der Waals surface area contributed by atoms with Crippen LogP contribution >= 0.6 is 0 Å². The van der Waals surface area contributed by atoms with Gasteiger partial charge in [-0.05, 0) is 41.0 Å². The summed E-state index contributed by atoms with van der Waals surface area (Å²) < 4.78 is 5.59. The van der Waals surface area contributed by atoms with E-state index in [1.807, 2.05) is 45.0 Å². The molecule has 2 N–H and O–H groups in total. The van der Waals surface area contributed by atoms with Gasteiger partial charge in [0.25, 0.3) is 0 Å². The normalized spacial score (nSPS) is 15.2. The van der Waals surface area contributed by atoms with E-state index in [0.717, 1.165) is 11.1 Å². The summed E-state index contributed by atoms with van der Waals surface area (Å²) in [5.41, 5.74) is 3.60. The van der Waals surface area contributed by atoms with Crippen LogP contribution in [0.4, 0.5) is 4.79 Å². The number of carbonyl (C=O) groups excluding carboxylic acids is 1. The van der Waals surface area contributed by atoms with Gasteiger partial charge in [0, 0.05) is 5.92 Å². The van der Waals surface area contributed by atoms with Gasteiger partial charge in [-0.2, -0.15) is 0 Å². The zero-order valence-electron chi connectivity index (χ0n) is 17.5. The molecule has 1 atom stereocenters. The zero-order chi connectivity index (χ0) is 21.2. The van der Waals surface area contributed by atoms with Crippen LogP contribution in [0, 0.1) is 5.41 Å². The molecular formula is C24H29NO4. The largest absolute Gasteiger partial charge is 0.481 e. The van der Waals surface area contributed by atoms with E-state index in [1.54, 1.807) is 6.92 Å². The summed E-state index contributed by atoms with van der Waals surface area (Å²) in [4.78, 5) is 23.9. The number of ether oxygens (including phenoxy) is 1. The van der Waals surface area contributed by atoms with E-state index < -0.39 is 17.6 Å². The number of carboxylic acids is 1. The first kappa shape index (κ1) is 20.9. The second-order valence-corrected chi connectivity index (χ2v) is 9.32. The van der Waals surface area contributed by atoms with E-state index >= 15 is 0 Å². The molecule has 154 valence electrons. The van der Waals surface area contributed by atoms with Crippen LogP contribution in [0.25, 0.3) is 11.1 Å². The molecule has 0 spiro atoms. The highest BCUT2D eigenvalue weighted by molar-refractivity contribution is 5.79. The van der Waals surface area contributed by atoms with E-state index in [9.17, 15) is 14.7 Å². The molecule has 1 aliphatic rings. The molecule has 0 fully saturated rings. The number of fused-ring (bicyclic) bond motifs is 3. The maximum Gasteiger partial charge on any atom is 0.407 e. The third kappa shape index (κ3) is 4.97. The lowest BCUT2D eigenvalue weighted by atomic mass is 9.79. The van der Waals surface area contributed by atoms with Gasteiger partial charge in [-0.1, -0.05) is 69.3 Å². The molecule has 0 bridgehead atoms. The minimum atomic E-state index is -0.948. The summed E-state index contributed by atoms with van der Waals surface area (Å²) in [5, 5.41) is 12.1. The van der Waals surface area contributed by atoms with Gasteiger partial charge in [0.15, 0.2) is 0 Å². The molecule has 1 aliphatic carbocycles. The molecular weight excluding hydrogens is 366 g/mol. The minimum Gasteiger partial charge on any atom is -0.481 e. The maximum absolute atomic E-state index is 12.6. The van der Waals surface area contributed by atoms with Crippen molar-refractivity contribution in [2.75, 3.05) is 6.61 Å². The van der Waals surface area contributed by atoms with Gasteiger partial charge < -0.3 is 15.2 Å². The van der Waals surface area contributed by atoms with Crippen molar-refractivity contribution >= 4 is 12.1 Å². The van der Waals surface area contributed by atoms with Crippen LogP contribution in [-0.4, -0.2) is 29.3 Å². The second kappa shape index (κ2) is 7.90. The van der Waals surface area contributed by atoms with Crippen LogP contribution in [0.2, 0.25) is 0 Å². The zero-order valence-corrected chi connectivity index (χ0v) is 17.5. The number of hydrogen-bond donors (Lipinski definition) is 2. The van der Waals surface area contributed by atoms with E-state index in [1.165, 1.54) is 11.1 Å². The Morgan fingerprint density at radius 1 is 0.966 bits per heavy atom. The van der Waals surface area contributed by atoms with Crippen molar-refractivity contribution in [1.29, 1.82) is 0 Å². The monoisotopic (exact) mass is 395 g/mol. The predicted molar refractivity (Wildman–Crippen MR) is 113 cm³/mol. The minimum absolute atomic E-state index is 0.0264. The third-order valence-electron chi connectivity index (χ3n) is 5.21. The van der Waals surface area contributed by atoms with Crippen LogP contribution in [0.1, 0.15) is 57.6 Å². The first-order valence-corrected chi connectivity index (χ1v) is 9.93. The Kier molecular flexibility index (Phi) is 5.69. The molecule has 0 radical (unpaired) electrons. The van der Waals surface area contributed by atoms with Crippen LogP contribution in [0.15, 0.2) is 48.5 Å². The second-order valence-electron chi connectivity index (χ2n) is 9.32. The Balaban J connectivity index is 1.72. The summed E-state index contributed by atoms with van der Waals surface area (Å²) in [6, 6.07) is 16.3. The highest BCUT2D eigenvalue weighted by Crippen LogP contribution is 2.44. The van der Waals surface area contributed by atoms with Gasteiger partial charge in [-0.3, -0.25) is 4.79 Å². The predicted octanol–water partition coefficient (Wildman–Crippen LogP) is 5.19. The molecule has 2 aromatic carbocycles. The number of aliphatic carboxylic acids is 1. The number of benzene rings is 2. The third-order valence-corrected chi connectivity index (χ3v) is 5.21. The fraction of sp³-hybridized carbons (Fsp3) is 0.417. The molecule has 5 nitrogen and oxygen atoms in total. The van der Waals surface area contributed by atoms with Crippen LogP contribution < -0.4 is 5.32 Å².